The molecule has 0 aliphatic carbocycles. The van der Waals surface area contributed by atoms with E-state index in [1.54, 1.807) is 41.8 Å². The Bertz CT molecular complexity index is 1250. The van der Waals surface area contributed by atoms with Crippen LogP contribution in [0.2, 0.25) is 0 Å². The van der Waals surface area contributed by atoms with Crippen LogP contribution in [-0.4, -0.2) is 17.7 Å². The largest absolute Gasteiger partial charge is 0.486 e. The van der Waals surface area contributed by atoms with Gasteiger partial charge in [0.15, 0.2) is 5.76 Å². The van der Waals surface area contributed by atoms with Crippen LogP contribution < -0.4 is 20.9 Å². The highest BCUT2D eigenvalue weighted by atomic mass is 32.1. The van der Waals surface area contributed by atoms with Crippen molar-refractivity contribution in [3.63, 3.8) is 0 Å². The molecule has 0 aliphatic heterocycles. The second-order valence-electron chi connectivity index (χ2n) is 6.75. The van der Waals surface area contributed by atoms with Gasteiger partial charge in [0, 0.05) is 0 Å². The van der Waals surface area contributed by atoms with Crippen molar-refractivity contribution in [3.05, 3.63) is 106 Å². The molecule has 0 unspecified atom stereocenters. The quantitative estimate of drug-likeness (QED) is 0.357. The average Bonchev–Trinajstić information content (AvgIpc) is 3.55. The molecule has 3 amide bonds. The Balaban J connectivity index is 1.33. The van der Waals surface area contributed by atoms with Gasteiger partial charge in [-0.1, -0.05) is 36.4 Å². The second kappa shape index (κ2) is 10.3. The lowest BCUT2D eigenvalue weighted by atomic mass is 10.1. The van der Waals surface area contributed by atoms with E-state index in [0.717, 1.165) is 0 Å². The van der Waals surface area contributed by atoms with Crippen LogP contribution in [0.15, 0.2) is 88.7 Å². The van der Waals surface area contributed by atoms with Crippen LogP contribution >= 0.6 is 11.3 Å². The zero-order valence-electron chi connectivity index (χ0n) is 17.2. The standard InChI is InChI=1S/C24H19N3O5S/c28-22(18-9-4-5-10-19(18)25-24(30)21-11-6-14-33-21)26-27-23(29)20-13-12-17(32-20)15-31-16-7-2-1-3-8-16/h1-14H,15H2,(H,25,30)(H,26,28)(H,27,29). The van der Waals surface area contributed by atoms with E-state index in [2.05, 4.69) is 16.2 Å². The summed E-state index contributed by atoms with van der Waals surface area (Å²) in [6.07, 6.45) is 0. The topological polar surface area (TPSA) is 110 Å². The lowest BCUT2D eigenvalue weighted by Gasteiger charge is -2.11. The number of hydrogen-bond donors (Lipinski definition) is 3. The molecule has 4 aromatic rings. The number of hydrazine groups is 1. The summed E-state index contributed by atoms with van der Waals surface area (Å²) in [4.78, 5) is 37.8. The van der Waals surface area contributed by atoms with Gasteiger partial charge in [-0.25, -0.2) is 0 Å². The number of nitrogens with one attached hydrogen (secondary N) is 3. The number of carbonyl (C=O) groups is 3. The van der Waals surface area contributed by atoms with Crippen molar-refractivity contribution >= 4 is 34.7 Å². The van der Waals surface area contributed by atoms with E-state index >= 15 is 0 Å². The summed E-state index contributed by atoms with van der Waals surface area (Å²) in [7, 11) is 0. The maximum absolute atomic E-state index is 12.6. The van der Waals surface area contributed by atoms with Crippen molar-refractivity contribution in [3.8, 4) is 5.75 Å². The van der Waals surface area contributed by atoms with Crippen LogP contribution in [0.3, 0.4) is 0 Å². The van der Waals surface area contributed by atoms with Crippen molar-refractivity contribution in [1.82, 2.24) is 10.9 Å². The predicted octanol–water partition coefficient (Wildman–Crippen LogP) is 4.25. The molecule has 0 spiro atoms. The smallest absolute Gasteiger partial charge is 0.305 e. The summed E-state index contributed by atoms with van der Waals surface area (Å²) in [5, 5.41) is 4.50. The Morgan fingerprint density at radius 1 is 0.788 bits per heavy atom. The van der Waals surface area contributed by atoms with Crippen molar-refractivity contribution in [2.45, 2.75) is 6.61 Å². The molecule has 3 N–H and O–H groups in total. The highest BCUT2D eigenvalue weighted by Gasteiger charge is 2.17. The molecule has 9 heteroatoms. The van der Waals surface area contributed by atoms with Gasteiger partial charge in [-0.3, -0.25) is 25.2 Å². The minimum Gasteiger partial charge on any atom is -0.486 e. The fourth-order valence-electron chi connectivity index (χ4n) is 2.87. The third kappa shape index (κ3) is 5.66. The summed E-state index contributed by atoms with van der Waals surface area (Å²) in [5.41, 5.74) is 5.16. The molecule has 166 valence electrons. The molecule has 0 aliphatic rings. The second-order valence-corrected chi connectivity index (χ2v) is 7.70. The average molecular weight is 461 g/mol. The maximum Gasteiger partial charge on any atom is 0.305 e. The third-order valence-corrected chi connectivity index (χ3v) is 5.33. The van der Waals surface area contributed by atoms with Crippen LogP contribution in [0.4, 0.5) is 5.69 Å². The number of hydrogen-bond acceptors (Lipinski definition) is 6. The first-order valence-electron chi connectivity index (χ1n) is 9.91. The molecule has 33 heavy (non-hydrogen) atoms. The van der Waals surface area contributed by atoms with E-state index in [0.29, 0.717) is 22.1 Å². The molecule has 0 saturated heterocycles. The van der Waals surface area contributed by atoms with Crippen LogP contribution in [-0.2, 0) is 6.61 Å². The summed E-state index contributed by atoms with van der Waals surface area (Å²) in [6.45, 7) is 0.154. The molecule has 2 aromatic heterocycles. The van der Waals surface area contributed by atoms with Crippen molar-refractivity contribution in [1.29, 1.82) is 0 Å². The van der Waals surface area contributed by atoms with Gasteiger partial charge in [0.25, 0.3) is 11.8 Å². The molecule has 2 aromatic carbocycles. The lowest BCUT2D eigenvalue weighted by Crippen LogP contribution is -2.41. The van der Waals surface area contributed by atoms with Gasteiger partial charge < -0.3 is 14.5 Å². The number of anilines is 1. The van der Waals surface area contributed by atoms with E-state index in [1.165, 1.54) is 23.5 Å². The number of carbonyl (C=O) groups excluding carboxylic acids is 3. The summed E-state index contributed by atoms with van der Waals surface area (Å²) < 4.78 is 11.1. The molecule has 0 fully saturated rings. The molecule has 8 nitrogen and oxygen atoms in total. The summed E-state index contributed by atoms with van der Waals surface area (Å²) in [6, 6.07) is 22.3. The normalized spacial score (nSPS) is 10.3. The number of furan rings is 1. The van der Waals surface area contributed by atoms with Gasteiger partial charge in [-0.2, -0.15) is 0 Å². The lowest BCUT2D eigenvalue weighted by molar-refractivity contribution is 0.0828. The van der Waals surface area contributed by atoms with E-state index in [-0.39, 0.29) is 23.8 Å². The number of para-hydroxylation sites is 2. The fraction of sp³-hybridized carbons (Fsp3) is 0.0417. The van der Waals surface area contributed by atoms with Gasteiger partial charge in [0.2, 0.25) is 0 Å². The van der Waals surface area contributed by atoms with Crippen molar-refractivity contribution in [2.75, 3.05) is 5.32 Å². The van der Waals surface area contributed by atoms with Crippen molar-refractivity contribution in [2.24, 2.45) is 0 Å². The first-order valence-corrected chi connectivity index (χ1v) is 10.8. The van der Waals surface area contributed by atoms with E-state index < -0.39 is 11.8 Å². The first-order chi connectivity index (χ1) is 16.1. The van der Waals surface area contributed by atoms with Crippen LogP contribution in [0.1, 0.15) is 36.3 Å². The molecule has 0 saturated carbocycles. The van der Waals surface area contributed by atoms with Gasteiger partial charge in [0.05, 0.1) is 16.1 Å². The third-order valence-electron chi connectivity index (χ3n) is 4.46. The molecular formula is C24H19N3O5S. The molecule has 2 heterocycles. The first kappa shape index (κ1) is 21.8. The van der Waals surface area contributed by atoms with Crippen LogP contribution in [0.25, 0.3) is 0 Å². The Morgan fingerprint density at radius 2 is 1.55 bits per heavy atom. The molecular weight excluding hydrogens is 442 g/mol. The number of ether oxygens (including phenoxy) is 1. The minimum atomic E-state index is -0.630. The molecule has 0 bridgehead atoms. The SMILES string of the molecule is O=C(NNC(=O)c1ccccc1NC(=O)c1cccs1)c1ccc(COc2ccccc2)o1. The van der Waals surface area contributed by atoms with Gasteiger partial charge >= 0.3 is 5.91 Å². The Morgan fingerprint density at radius 3 is 2.33 bits per heavy atom. The van der Waals surface area contributed by atoms with E-state index in [4.69, 9.17) is 9.15 Å². The zero-order chi connectivity index (χ0) is 23.0. The molecule has 0 radical (unpaired) electrons. The molecule has 0 atom stereocenters. The zero-order valence-corrected chi connectivity index (χ0v) is 18.1. The minimum absolute atomic E-state index is 0.0150. The fourth-order valence-corrected chi connectivity index (χ4v) is 3.49. The van der Waals surface area contributed by atoms with E-state index in [9.17, 15) is 14.4 Å². The Labute approximate surface area is 193 Å². The van der Waals surface area contributed by atoms with Gasteiger partial charge in [-0.05, 0) is 47.8 Å². The van der Waals surface area contributed by atoms with Gasteiger partial charge in [0.1, 0.15) is 18.1 Å². The maximum atomic E-state index is 12.6. The monoisotopic (exact) mass is 461 g/mol. The van der Waals surface area contributed by atoms with E-state index in [1.807, 2.05) is 30.3 Å². The summed E-state index contributed by atoms with van der Waals surface area (Å²) in [5.74, 6) is -0.399. The van der Waals surface area contributed by atoms with Crippen LogP contribution in [0, 0.1) is 0 Å². The molecule has 4 rings (SSSR count). The summed E-state index contributed by atoms with van der Waals surface area (Å²) >= 11 is 1.29. The van der Waals surface area contributed by atoms with Crippen molar-refractivity contribution < 1.29 is 23.5 Å². The van der Waals surface area contributed by atoms with Crippen LogP contribution in [0.5, 0.6) is 5.75 Å². The Hall–Kier alpha value is -4.37. The number of benzene rings is 2. The number of thiophene rings is 1. The van der Waals surface area contributed by atoms with Gasteiger partial charge in [-0.15, -0.1) is 11.3 Å². The predicted molar refractivity (Wildman–Crippen MR) is 123 cm³/mol. The number of rotatable bonds is 7. The highest BCUT2D eigenvalue weighted by molar-refractivity contribution is 7.12. The number of amides is 3. The Kier molecular flexibility index (Phi) is 6.81. The highest BCUT2D eigenvalue weighted by Crippen LogP contribution is 2.18.